The number of nitrogens with zero attached hydrogens (tertiary/aromatic N) is 5. The third-order valence-electron chi connectivity index (χ3n) is 15.0. The summed E-state index contributed by atoms with van der Waals surface area (Å²) in [7, 11) is 0. The number of rotatable bonds is 7. The van der Waals surface area contributed by atoms with Gasteiger partial charge in [0.25, 0.3) is 0 Å². The topological polar surface area (TPSA) is 23.0 Å². The fourth-order valence-corrected chi connectivity index (χ4v) is 11.9. The molecule has 9 aromatic carbocycles. The van der Waals surface area contributed by atoms with E-state index in [2.05, 4.69) is 273 Å². The van der Waals surface area contributed by atoms with Crippen molar-refractivity contribution in [3.63, 3.8) is 0 Å². The summed E-state index contributed by atoms with van der Waals surface area (Å²) < 4.78 is 9.78. The van der Waals surface area contributed by atoms with Gasteiger partial charge in [-0.25, -0.2) is 0 Å². The van der Waals surface area contributed by atoms with Gasteiger partial charge in [-0.1, -0.05) is 159 Å². The second kappa shape index (κ2) is 16.8. The molecule has 0 unspecified atom stereocenters. The van der Waals surface area contributed by atoms with Crippen molar-refractivity contribution in [2.24, 2.45) is 0 Å². The summed E-state index contributed by atoms with van der Waals surface area (Å²) in [5.41, 5.74) is 19.0. The largest absolute Gasteiger partial charge is 0.335 e. The SMILES string of the molecule is C=C/C(=C\C=C/C)n1c2c(c3ccccc31)/C=C\C(=C)c1ccccc1N(c1ccc3c(c1)c1cc(-n4c5ccccc5c5ccc6c7ccccc7n(-c7ccccc7)c6c54)ccc1n3-c1ccccc1)C2. The number of para-hydroxylation sites is 6. The van der Waals surface area contributed by atoms with Gasteiger partial charge in [-0.2, -0.15) is 0 Å². The maximum Gasteiger partial charge on any atom is 0.0788 e. The van der Waals surface area contributed by atoms with Crippen LogP contribution >= 0.6 is 0 Å². The Bertz CT molecular complexity index is 4510. The summed E-state index contributed by atoms with van der Waals surface area (Å²) >= 11 is 0. The summed E-state index contributed by atoms with van der Waals surface area (Å²) in [4.78, 5) is 2.49. The number of fused-ring (bicyclic) bond motifs is 14. The third-order valence-corrected chi connectivity index (χ3v) is 15.0. The number of benzene rings is 9. The lowest BCUT2D eigenvalue weighted by atomic mass is 10.0. The summed E-state index contributed by atoms with van der Waals surface area (Å²) in [5.74, 6) is 0. The van der Waals surface area contributed by atoms with Crippen LogP contribution in [0.5, 0.6) is 0 Å². The van der Waals surface area contributed by atoms with E-state index >= 15 is 0 Å². The molecular formula is C68H49N5. The first kappa shape index (κ1) is 42.3. The summed E-state index contributed by atoms with van der Waals surface area (Å²) in [5, 5.41) is 8.41. The molecular weight excluding hydrogens is 887 g/mol. The van der Waals surface area contributed by atoms with E-state index in [1.54, 1.807) is 0 Å². The third kappa shape index (κ3) is 6.42. The summed E-state index contributed by atoms with van der Waals surface area (Å²) in [6.45, 7) is 11.6. The minimum atomic E-state index is 0.584. The second-order valence-electron chi connectivity index (χ2n) is 19.0. The lowest BCUT2D eigenvalue weighted by Gasteiger charge is -2.28. The van der Waals surface area contributed by atoms with Gasteiger partial charge >= 0.3 is 0 Å². The molecule has 13 aromatic rings. The molecule has 0 amide bonds. The minimum Gasteiger partial charge on any atom is -0.335 e. The highest BCUT2D eigenvalue weighted by Crippen LogP contribution is 2.45. The molecule has 346 valence electrons. The van der Waals surface area contributed by atoms with Gasteiger partial charge < -0.3 is 23.2 Å². The molecule has 0 radical (unpaired) electrons. The molecule has 0 bridgehead atoms. The van der Waals surface area contributed by atoms with Gasteiger partial charge in [-0.15, -0.1) is 0 Å². The van der Waals surface area contributed by atoms with Crippen LogP contribution in [0.1, 0.15) is 23.7 Å². The Kier molecular flexibility index (Phi) is 9.73. The van der Waals surface area contributed by atoms with E-state index in [1.807, 2.05) is 13.0 Å². The van der Waals surface area contributed by atoms with Gasteiger partial charge in [0, 0.05) is 83.0 Å². The maximum atomic E-state index is 4.67. The molecule has 4 aromatic heterocycles. The van der Waals surface area contributed by atoms with Gasteiger partial charge in [0.1, 0.15) is 0 Å². The van der Waals surface area contributed by atoms with Crippen molar-refractivity contribution in [3.8, 4) is 17.1 Å². The maximum absolute atomic E-state index is 4.67. The van der Waals surface area contributed by atoms with Gasteiger partial charge in [-0.3, -0.25) is 0 Å². The molecule has 0 atom stereocenters. The van der Waals surface area contributed by atoms with E-state index in [0.717, 1.165) is 78.4 Å². The first-order valence-corrected chi connectivity index (χ1v) is 25.1. The highest BCUT2D eigenvalue weighted by molar-refractivity contribution is 6.24. The van der Waals surface area contributed by atoms with E-state index < -0.39 is 0 Å². The Balaban J connectivity index is 1.06. The Morgan fingerprint density at radius 3 is 1.62 bits per heavy atom. The molecule has 73 heavy (non-hydrogen) atoms. The Labute approximate surface area is 423 Å². The predicted molar refractivity (Wildman–Crippen MR) is 311 cm³/mol. The van der Waals surface area contributed by atoms with E-state index in [1.165, 1.54) is 54.4 Å². The molecule has 0 saturated carbocycles. The summed E-state index contributed by atoms with van der Waals surface area (Å²) in [6, 6.07) is 75.4. The molecule has 5 heterocycles. The van der Waals surface area contributed by atoms with Crippen molar-refractivity contribution in [1.29, 1.82) is 0 Å². The van der Waals surface area contributed by atoms with Crippen molar-refractivity contribution < 1.29 is 0 Å². The smallest absolute Gasteiger partial charge is 0.0788 e. The Morgan fingerprint density at radius 1 is 0.452 bits per heavy atom. The normalized spacial score (nSPS) is 13.7. The van der Waals surface area contributed by atoms with E-state index in [0.29, 0.717) is 6.54 Å². The zero-order chi connectivity index (χ0) is 48.7. The average Bonchev–Trinajstić information content (AvgIpc) is 4.17. The number of hydrogen-bond donors (Lipinski definition) is 0. The fourth-order valence-electron chi connectivity index (χ4n) is 11.9. The Morgan fingerprint density at radius 2 is 0.973 bits per heavy atom. The zero-order valence-corrected chi connectivity index (χ0v) is 40.5. The van der Waals surface area contributed by atoms with Gasteiger partial charge in [0.15, 0.2) is 0 Å². The van der Waals surface area contributed by atoms with Gasteiger partial charge in [-0.05, 0) is 110 Å². The molecule has 5 nitrogen and oxygen atoms in total. The van der Waals surface area contributed by atoms with Crippen LogP contribution in [0.25, 0.3) is 111 Å². The first-order chi connectivity index (χ1) is 36.1. The highest BCUT2D eigenvalue weighted by Gasteiger charge is 2.26. The van der Waals surface area contributed by atoms with E-state index in [4.69, 9.17) is 0 Å². The van der Waals surface area contributed by atoms with E-state index in [9.17, 15) is 0 Å². The van der Waals surface area contributed by atoms with Crippen molar-refractivity contribution in [2.45, 2.75) is 13.5 Å². The number of hydrogen-bond acceptors (Lipinski definition) is 1. The van der Waals surface area contributed by atoms with Crippen molar-refractivity contribution in [3.05, 3.63) is 267 Å². The van der Waals surface area contributed by atoms with Crippen LogP contribution in [0, 0.1) is 0 Å². The lowest BCUT2D eigenvalue weighted by molar-refractivity contribution is 0.898. The van der Waals surface area contributed by atoms with Crippen molar-refractivity contribution >= 4 is 105 Å². The molecule has 1 aliphatic rings. The van der Waals surface area contributed by atoms with Crippen LogP contribution < -0.4 is 4.90 Å². The van der Waals surface area contributed by atoms with Crippen LogP contribution in [0.2, 0.25) is 0 Å². The van der Waals surface area contributed by atoms with Crippen molar-refractivity contribution in [2.75, 3.05) is 4.90 Å². The van der Waals surface area contributed by atoms with Crippen LogP contribution in [-0.4, -0.2) is 18.3 Å². The number of aromatic nitrogens is 4. The van der Waals surface area contributed by atoms with Gasteiger partial charge in [0.2, 0.25) is 0 Å². The van der Waals surface area contributed by atoms with E-state index in [-0.39, 0.29) is 0 Å². The fraction of sp³-hybridized carbons (Fsp3) is 0.0294. The monoisotopic (exact) mass is 935 g/mol. The van der Waals surface area contributed by atoms with Crippen molar-refractivity contribution in [1.82, 2.24) is 18.3 Å². The molecule has 0 saturated heterocycles. The van der Waals surface area contributed by atoms with Crippen LogP contribution in [0.4, 0.5) is 11.4 Å². The molecule has 0 aliphatic carbocycles. The molecule has 5 heteroatoms. The first-order valence-electron chi connectivity index (χ1n) is 25.1. The summed E-state index contributed by atoms with van der Waals surface area (Å²) in [6.07, 6.45) is 12.7. The van der Waals surface area contributed by atoms with Crippen LogP contribution in [0.3, 0.4) is 0 Å². The average molecular weight is 936 g/mol. The molecule has 1 aliphatic heterocycles. The minimum absolute atomic E-state index is 0.584. The molecule has 14 rings (SSSR count). The van der Waals surface area contributed by atoms with Crippen LogP contribution in [-0.2, 0) is 6.54 Å². The molecule has 0 fully saturated rings. The number of allylic oxidation sites excluding steroid dienone is 7. The predicted octanol–water partition coefficient (Wildman–Crippen LogP) is 17.9. The molecule has 0 N–H and O–H groups in total. The lowest BCUT2D eigenvalue weighted by Crippen LogP contribution is -2.20. The zero-order valence-electron chi connectivity index (χ0n) is 40.5. The standard InChI is InChI=1S/C68H49N5/c1-4-6-21-46(5-2)70-61-31-18-14-27-52(61)55-37-34-45(3)51-26-13-17-30-60(51)69(44-66(55)70)49-35-40-64-58(42-49)59-43-50(36-41-65(59)71(64)47-22-9-7-10-23-47)73-63-33-20-16-29-54(63)57-39-38-56-53-28-15-19-32-62(53)72(67(56)68(57)73)48-24-11-8-12-25-48/h4-43H,2-3,44H2,1H3/b6-4-,37-34-,46-21+. The quantitative estimate of drug-likeness (QED) is 0.146. The number of anilines is 2. The van der Waals surface area contributed by atoms with Crippen LogP contribution in [0.15, 0.2) is 250 Å². The Hall–Kier alpha value is -9.58. The second-order valence-corrected chi connectivity index (χ2v) is 19.0. The highest BCUT2D eigenvalue weighted by atomic mass is 15.2. The van der Waals surface area contributed by atoms with Gasteiger partial charge in [0.05, 0.1) is 50.9 Å². The molecule has 0 spiro atoms.